The van der Waals surface area contributed by atoms with Crippen LogP contribution in [-0.4, -0.2) is 10.9 Å². The Bertz CT molecular complexity index is 702. The van der Waals surface area contributed by atoms with Crippen molar-refractivity contribution in [2.24, 2.45) is 0 Å². The first-order chi connectivity index (χ1) is 9.63. The van der Waals surface area contributed by atoms with E-state index in [9.17, 15) is 9.59 Å². The first-order valence-corrected chi connectivity index (χ1v) is 7.54. The SMILES string of the molecule is Cc1ccc(C(=O)NC2CCCc3[nH]c(=O)ccc32)s1. The highest BCUT2D eigenvalue weighted by Gasteiger charge is 2.23. The highest BCUT2D eigenvalue weighted by atomic mass is 32.1. The molecule has 0 aliphatic heterocycles. The van der Waals surface area contributed by atoms with E-state index in [0.717, 1.165) is 40.3 Å². The molecule has 0 spiro atoms. The van der Waals surface area contributed by atoms with Crippen molar-refractivity contribution in [2.75, 3.05) is 0 Å². The van der Waals surface area contributed by atoms with Crippen molar-refractivity contribution in [3.05, 3.63) is 55.6 Å². The van der Waals surface area contributed by atoms with Crippen molar-refractivity contribution in [3.8, 4) is 0 Å². The van der Waals surface area contributed by atoms with Crippen molar-refractivity contribution >= 4 is 17.2 Å². The summed E-state index contributed by atoms with van der Waals surface area (Å²) in [6.45, 7) is 1.99. The summed E-state index contributed by atoms with van der Waals surface area (Å²) in [5.41, 5.74) is 1.92. The molecule has 104 valence electrons. The van der Waals surface area contributed by atoms with Gasteiger partial charge in [0.1, 0.15) is 0 Å². The van der Waals surface area contributed by atoms with Gasteiger partial charge in [-0.05, 0) is 49.9 Å². The van der Waals surface area contributed by atoms with Gasteiger partial charge in [0, 0.05) is 16.6 Å². The maximum Gasteiger partial charge on any atom is 0.261 e. The number of H-pyrrole nitrogens is 1. The molecule has 0 radical (unpaired) electrons. The number of hydrogen-bond acceptors (Lipinski definition) is 3. The van der Waals surface area contributed by atoms with E-state index in [2.05, 4.69) is 10.3 Å². The Kier molecular flexibility index (Phi) is 3.44. The molecule has 1 atom stereocenters. The van der Waals surface area contributed by atoms with E-state index in [-0.39, 0.29) is 17.5 Å². The van der Waals surface area contributed by atoms with Gasteiger partial charge in [-0.2, -0.15) is 0 Å². The van der Waals surface area contributed by atoms with Crippen molar-refractivity contribution < 1.29 is 4.79 Å². The van der Waals surface area contributed by atoms with Gasteiger partial charge in [-0.3, -0.25) is 9.59 Å². The Morgan fingerprint density at radius 2 is 2.20 bits per heavy atom. The number of rotatable bonds is 2. The van der Waals surface area contributed by atoms with Gasteiger partial charge in [-0.1, -0.05) is 0 Å². The lowest BCUT2D eigenvalue weighted by Gasteiger charge is -2.25. The zero-order valence-electron chi connectivity index (χ0n) is 11.2. The quantitative estimate of drug-likeness (QED) is 0.892. The van der Waals surface area contributed by atoms with Gasteiger partial charge in [0.2, 0.25) is 5.56 Å². The molecule has 1 unspecified atom stereocenters. The summed E-state index contributed by atoms with van der Waals surface area (Å²) in [6, 6.07) is 7.15. The fourth-order valence-corrected chi connectivity index (χ4v) is 3.41. The van der Waals surface area contributed by atoms with Crippen molar-refractivity contribution in [3.63, 3.8) is 0 Å². The molecule has 0 bridgehead atoms. The maximum absolute atomic E-state index is 12.2. The van der Waals surface area contributed by atoms with Crippen LogP contribution in [0.15, 0.2) is 29.1 Å². The van der Waals surface area contributed by atoms with Crippen LogP contribution in [0.3, 0.4) is 0 Å². The Balaban J connectivity index is 1.83. The minimum Gasteiger partial charge on any atom is -0.344 e. The smallest absolute Gasteiger partial charge is 0.261 e. The number of pyridine rings is 1. The molecule has 3 rings (SSSR count). The van der Waals surface area contributed by atoms with E-state index in [4.69, 9.17) is 0 Å². The number of fused-ring (bicyclic) bond motifs is 1. The molecular formula is C15H16N2O2S. The largest absolute Gasteiger partial charge is 0.344 e. The third-order valence-electron chi connectivity index (χ3n) is 3.60. The van der Waals surface area contributed by atoms with Crippen molar-refractivity contribution in [2.45, 2.75) is 32.2 Å². The second kappa shape index (κ2) is 5.25. The Morgan fingerprint density at radius 1 is 1.35 bits per heavy atom. The number of aromatic amines is 1. The molecule has 0 fully saturated rings. The molecule has 5 heteroatoms. The first kappa shape index (κ1) is 13.1. The van der Waals surface area contributed by atoms with E-state index in [1.807, 2.05) is 25.1 Å². The van der Waals surface area contributed by atoms with Crippen LogP contribution in [0.2, 0.25) is 0 Å². The molecule has 0 saturated heterocycles. The number of hydrogen-bond donors (Lipinski definition) is 2. The van der Waals surface area contributed by atoms with E-state index in [1.54, 1.807) is 0 Å². The Hall–Kier alpha value is -1.88. The third kappa shape index (κ3) is 2.54. The first-order valence-electron chi connectivity index (χ1n) is 6.73. The van der Waals surface area contributed by atoms with Crippen LogP contribution >= 0.6 is 11.3 Å². The van der Waals surface area contributed by atoms with E-state index in [0.29, 0.717) is 0 Å². The zero-order valence-corrected chi connectivity index (χ0v) is 12.0. The number of aromatic nitrogens is 1. The summed E-state index contributed by atoms with van der Waals surface area (Å²) >= 11 is 1.50. The molecule has 2 aromatic rings. The van der Waals surface area contributed by atoms with Crippen LogP contribution in [-0.2, 0) is 6.42 Å². The number of carbonyl (C=O) groups is 1. The standard InChI is InChI=1S/C15H16N2O2S/c1-9-5-7-13(20-9)15(19)17-12-4-2-3-11-10(12)6-8-14(18)16-11/h5-8,12H,2-4H2,1H3,(H,16,18)(H,17,19). The molecular weight excluding hydrogens is 272 g/mol. The summed E-state index contributed by atoms with van der Waals surface area (Å²) < 4.78 is 0. The van der Waals surface area contributed by atoms with Crippen molar-refractivity contribution in [1.29, 1.82) is 0 Å². The van der Waals surface area contributed by atoms with Gasteiger partial charge in [0.25, 0.3) is 5.91 Å². The number of aryl methyl sites for hydroxylation is 2. The normalized spacial score (nSPS) is 17.6. The van der Waals surface area contributed by atoms with E-state index < -0.39 is 0 Å². The summed E-state index contributed by atoms with van der Waals surface area (Å²) in [5.74, 6) is -0.0350. The number of carbonyl (C=O) groups excluding carboxylic acids is 1. The maximum atomic E-state index is 12.2. The lowest BCUT2D eigenvalue weighted by molar-refractivity contribution is 0.0936. The number of thiophene rings is 1. The lowest BCUT2D eigenvalue weighted by atomic mass is 9.91. The predicted molar refractivity (Wildman–Crippen MR) is 79.3 cm³/mol. The Labute approximate surface area is 120 Å². The minimum atomic E-state index is -0.0791. The van der Waals surface area contributed by atoms with Crippen LogP contribution < -0.4 is 10.9 Å². The minimum absolute atomic E-state index is 0.00879. The van der Waals surface area contributed by atoms with Crippen molar-refractivity contribution in [1.82, 2.24) is 10.3 Å². The number of amides is 1. The lowest BCUT2D eigenvalue weighted by Crippen LogP contribution is -2.31. The van der Waals surface area contributed by atoms with Crippen LogP contribution in [0.25, 0.3) is 0 Å². The fourth-order valence-electron chi connectivity index (χ4n) is 2.64. The molecule has 20 heavy (non-hydrogen) atoms. The Morgan fingerprint density at radius 3 is 2.95 bits per heavy atom. The molecule has 1 aliphatic carbocycles. The van der Waals surface area contributed by atoms with Gasteiger partial charge >= 0.3 is 0 Å². The molecule has 0 saturated carbocycles. The highest BCUT2D eigenvalue weighted by molar-refractivity contribution is 7.13. The number of nitrogens with one attached hydrogen (secondary N) is 2. The van der Waals surface area contributed by atoms with Gasteiger partial charge in [0.15, 0.2) is 0 Å². The topological polar surface area (TPSA) is 62.0 Å². The van der Waals surface area contributed by atoms with Gasteiger partial charge < -0.3 is 10.3 Å². The molecule has 2 N–H and O–H groups in total. The van der Waals surface area contributed by atoms with Crippen LogP contribution in [0.1, 0.15) is 44.7 Å². The average molecular weight is 288 g/mol. The summed E-state index contributed by atoms with van der Waals surface area (Å²) in [4.78, 5) is 28.3. The van der Waals surface area contributed by atoms with Gasteiger partial charge in [0.05, 0.1) is 10.9 Å². The van der Waals surface area contributed by atoms with Crippen LogP contribution in [0, 0.1) is 6.92 Å². The van der Waals surface area contributed by atoms with Crippen LogP contribution in [0.5, 0.6) is 0 Å². The third-order valence-corrected chi connectivity index (χ3v) is 4.60. The molecule has 4 nitrogen and oxygen atoms in total. The van der Waals surface area contributed by atoms with E-state index >= 15 is 0 Å². The second-order valence-corrected chi connectivity index (χ2v) is 6.37. The summed E-state index contributed by atoms with van der Waals surface area (Å²) in [7, 11) is 0. The molecule has 1 aliphatic rings. The van der Waals surface area contributed by atoms with Crippen LogP contribution in [0.4, 0.5) is 0 Å². The van der Waals surface area contributed by atoms with Gasteiger partial charge in [-0.15, -0.1) is 11.3 Å². The van der Waals surface area contributed by atoms with E-state index in [1.165, 1.54) is 17.4 Å². The fraction of sp³-hybridized carbons (Fsp3) is 0.333. The molecule has 2 aromatic heterocycles. The monoisotopic (exact) mass is 288 g/mol. The predicted octanol–water partition coefficient (Wildman–Crippen LogP) is 2.55. The molecule has 0 aromatic carbocycles. The second-order valence-electron chi connectivity index (χ2n) is 5.09. The zero-order chi connectivity index (χ0) is 14.1. The highest BCUT2D eigenvalue weighted by Crippen LogP contribution is 2.28. The molecule has 1 amide bonds. The van der Waals surface area contributed by atoms with Gasteiger partial charge in [-0.25, -0.2) is 0 Å². The average Bonchev–Trinajstić information content (AvgIpc) is 2.85. The summed E-state index contributed by atoms with van der Waals surface area (Å²) in [5, 5.41) is 3.07. The molecule has 2 heterocycles. The summed E-state index contributed by atoms with van der Waals surface area (Å²) in [6.07, 6.45) is 2.76.